The molecule has 1 atom stereocenters. The van der Waals surface area contributed by atoms with Crippen molar-refractivity contribution in [3.63, 3.8) is 0 Å². The van der Waals surface area contributed by atoms with Crippen LogP contribution in [0.3, 0.4) is 0 Å². The third-order valence-corrected chi connectivity index (χ3v) is 5.72. The standard InChI is InChI=1S/C19H19N3O5S/c1-11(2)22-28(26,27)14-6-7-17-15(9-14)16(18(23)21-17)10-20-13-5-3-4-12(8-13)19(24)25/h3-11,16,22H,1-2H3,(H,21,23)(H,24,25). The maximum absolute atomic E-state index is 12.4. The molecule has 1 heterocycles. The first-order valence-corrected chi connectivity index (χ1v) is 10.0. The quantitative estimate of drug-likeness (QED) is 0.642. The number of carbonyl (C=O) groups excluding carboxylic acids is 1. The van der Waals surface area contributed by atoms with Gasteiger partial charge in [-0.2, -0.15) is 0 Å². The summed E-state index contributed by atoms with van der Waals surface area (Å²) in [7, 11) is -3.70. The van der Waals surface area contributed by atoms with Crippen molar-refractivity contribution in [2.24, 2.45) is 4.99 Å². The first-order valence-electron chi connectivity index (χ1n) is 8.52. The van der Waals surface area contributed by atoms with E-state index in [0.29, 0.717) is 16.9 Å². The molecule has 1 aliphatic heterocycles. The van der Waals surface area contributed by atoms with Crippen LogP contribution in [0, 0.1) is 0 Å². The van der Waals surface area contributed by atoms with E-state index in [1.165, 1.54) is 30.5 Å². The zero-order valence-electron chi connectivity index (χ0n) is 15.2. The average molecular weight is 401 g/mol. The highest BCUT2D eigenvalue weighted by atomic mass is 32.2. The third-order valence-electron chi connectivity index (χ3n) is 4.07. The lowest BCUT2D eigenvalue weighted by Gasteiger charge is -2.11. The smallest absolute Gasteiger partial charge is 0.335 e. The van der Waals surface area contributed by atoms with E-state index in [2.05, 4.69) is 15.0 Å². The first kappa shape index (κ1) is 19.7. The van der Waals surface area contributed by atoms with Crippen LogP contribution >= 0.6 is 0 Å². The largest absolute Gasteiger partial charge is 0.478 e. The predicted molar refractivity (Wildman–Crippen MR) is 105 cm³/mol. The number of anilines is 1. The molecule has 0 spiro atoms. The van der Waals surface area contributed by atoms with Crippen LogP contribution in [-0.2, 0) is 14.8 Å². The van der Waals surface area contributed by atoms with Crippen LogP contribution in [0.25, 0.3) is 0 Å². The van der Waals surface area contributed by atoms with Gasteiger partial charge < -0.3 is 10.4 Å². The Bertz CT molecular complexity index is 1080. The summed E-state index contributed by atoms with van der Waals surface area (Å²) in [5, 5.41) is 11.7. The molecule has 0 saturated heterocycles. The Morgan fingerprint density at radius 1 is 1.25 bits per heavy atom. The normalized spacial score (nSPS) is 16.4. The van der Waals surface area contributed by atoms with Gasteiger partial charge in [-0.3, -0.25) is 9.79 Å². The summed E-state index contributed by atoms with van der Waals surface area (Å²) in [4.78, 5) is 27.6. The van der Waals surface area contributed by atoms with Crippen molar-refractivity contribution in [3.05, 3.63) is 53.6 Å². The van der Waals surface area contributed by atoms with Gasteiger partial charge >= 0.3 is 5.97 Å². The molecule has 0 aliphatic carbocycles. The second-order valence-corrected chi connectivity index (χ2v) is 8.34. The van der Waals surface area contributed by atoms with Gasteiger partial charge in [0.15, 0.2) is 0 Å². The number of aromatic carboxylic acids is 1. The summed E-state index contributed by atoms with van der Waals surface area (Å²) in [6, 6.07) is 10.2. The molecular weight excluding hydrogens is 382 g/mol. The van der Waals surface area contributed by atoms with Crippen molar-refractivity contribution in [2.45, 2.75) is 30.7 Å². The van der Waals surface area contributed by atoms with Crippen LogP contribution in [0.1, 0.15) is 35.7 Å². The summed E-state index contributed by atoms with van der Waals surface area (Å²) in [5.74, 6) is -2.19. The Morgan fingerprint density at radius 2 is 2.00 bits per heavy atom. The second kappa shape index (κ2) is 7.53. The van der Waals surface area contributed by atoms with E-state index >= 15 is 0 Å². The van der Waals surface area contributed by atoms with Crippen LogP contribution < -0.4 is 10.0 Å². The number of carboxylic acids is 1. The summed E-state index contributed by atoms with van der Waals surface area (Å²) in [5.41, 5.74) is 1.48. The summed E-state index contributed by atoms with van der Waals surface area (Å²) in [6.07, 6.45) is 1.38. The zero-order chi connectivity index (χ0) is 20.5. The molecule has 0 bridgehead atoms. The van der Waals surface area contributed by atoms with Crippen LogP contribution in [-0.4, -0.2) is 37.7 Å². The molecule has 0 aromatic heterocycles. The van der Waals surface area contributed by atoms with E-state index in [0.717, 1.165) is 0 Å². The van der Waals surface area contributed by atoms with Crippen LogP contribution in [0.15, 0.2) is 52.4 Å². The molecule has 0 radical (unpaired) electrons. The minimum absolute atomic E-state index is 0.0581. The molecule has 8 nitrogen and oxygen atoms in total. The van der Waals surface area contributed by atoms with Gasteiger partial charge in [0.2, 0.25) is 15.9 Å². The molecule has 1 aliphatic rings. The van der Waals surface area contributed by atoms with Gasteiger partial charge in [-0.25, -0.2) is 17.9 Å². The van der Waals surface area contributed by atoms with Gasteiger partial charge in [0.1, 0.15) is 5.92 Å². The van der Waals surface area contributed by atoms with Gasteiger partial charge in [-0.1, -0.05) is 6.07 Å². The highest BCUT2D eigenvalue weighted by Crippen LogP contribution is 2.33. The SMILES string of the molecule is CC(C)NS(=O)(=O)c1ccc2c(c1)C(C=Nc1cccc(C(=O)O)c1)C(=O)N2. The second-order valence-electron chi connectivity index (χ2n) is 6.63. The van der Waals surface area contributed by atoms with E-state index in [-0.39, 0.29) is 22.4 Å². The van der Waals surface area contributed by atoms with E-state index in [1.54, 1.807) is 32.0 Å². The Morgan fingerprint density at radius 3 is 2.68 bits per heavy atom. The van der Waals surface area contributed by atoms with Crippen LogP contribution in [0.2, 0.25) is 0 Å². The fourth-order valence-electron chi connectivity index (χ4n) is 2.84. The number of benzene rings is 2. The van der Waals surface area contributed by atoms with Crippen molar-refractivity contribution >= 4 is 39.5 Å². The van der Waals surface area contributed by atoms with Gasteiger partial charge in [0.25, 0.3) is 0 Å². The minimum atomic E-state index is -3.70. The van der Waals surface area contributed by atoms with Crippen LogP contribution in [0.5, 0.6) is 0 Å². The Labute approximate surface area is 162 Å². The van der Waals surface area contributed by atoms with Crippen molar-refractivity contribution in [2.75, 3.05) is 5.32 Å². The van der Waals surface area contributed by atoms with Gasteiger partial charge in [-0.15, -0.1) is 0 Å². The number of hydrogen-bond acceptors (Lipinski definition) is 5. The Balaban J connectivity index is 1.93. The minimum Gasteiger partial charge on any atom is -0.478 e. The molecule has 3 N–H and O–H groups in total. The van der Waals surface area contributed by atoms with Crippen molar-refractivity contribution in [3.8, 4) is 0 Å². The Kier molecular flexibility index (Phi) is 5.30. The zero-order valence-corrected chi connectivity index (χ0v) is 16.0. The molecule has 9 heteroatoms. The first-order chi connectivity index (χ1) is 13.2. The molecular formula is C19H19N3O5S. The number of nitrogens with one attached hydrogen (secondary N) is 2. The molecule has 2 aromatic rings. The number of fused-ring (bicyclic) bond motifs is 1. The lowest BCUT2D eigenvalue weighted by Crippen LogP contribution is -2.30. The third kappa shape index (κ3) is 4.10. The van der Waals surface area contributed by atoms with E-state index in [9.17, 15) is 18.0 Å². The molecule has 0 fully saturated rings. The molecule has 3 rings (SSSR count). The highest BCUT2D eigenvalue weighted by molar-refractivity contribution is 7.89. The van der Waals surface area contributed by atoms with E-state index in [4.69, 9.17) is 5.11 Å². The highest BCUT2D eigenvalue weighted by Gasteiger charge is 2.31. The van der Waals surface area contributed by atoms with Crippen molar-refractivity contribution < 1.29 is 23.1 Å². The maximum Gasteiger partial charge on any atom is 0.335 e. The lowest BCUT2D eigenvalue weighted by molar-refractivity contribution is -0.115. The van der Waals surface area contributed by atoms with Gasteiger partial charge in [-0.05, 0) is 55.8 Å². The average Bonchev–Trinajstić information content (AvgIpc) is 2.93. The predicted octanol–water partition coefficient (Wildman–Crippen LogP) is 2.51. The van der Waals surface area contributed by atoms with Crippen LogP contribution in [0.4, 0.5) is 11.4 Å². The molecule has 0 saturated carbocycles. The Hall–Kier alpha value is -3.04. The number of carbonyl (C=O) groups is 2. The number of hydrogen-bond donors (Lipinski definition) is 3. The van der Waals surface area contributed by atoms with Gasteiger partial charge in [0, 0.05) is 17.9 Å². The number of aliphatic imine (C=N–C) groups is 1. The van der Waals surface area contributed by atoms with Crippen molar-refractivity contribution in [1.29, 1.82) is 0 Å². The summed E-state index contributed by atoms with van der Waals surface area (Å²) >= 11 is 0. The molecule has 1 amide bonds. The number of nitrogens with zero attached hydrogens (tertiary/aromatic N) is 1. The number of amides is 1. The number of rotatable bonds is 6. The van der Waals surface area contributed by atoms with E-state index in [1.807, 2.05) is 0 Å². The van der Waals surface area contributed by atoms with Crippen molar-refractivity contribution in [1.82, 2.24) is 4.72 Å². The number of sulfonamides is 1. The fraction of sp³-hybridized carbons (Fsp3) is 0.211. The van der Waals surface area contributed by atoms with E-state index < -0.39 is 21.9 Å². The molecule has 146 valence electrons. The maximum atomic E-state index is 12.4. The molecule has 1 unspecified atom stereocenters. The summed E-state index contributed by atoms with van der Waals surface area (Å²) < 4.78 is 27.3. The monoisotopic (exact) mass is 401 g/mol. The summed E-state index contributed by atoms with van der Waals surface area (Å²) in [6.45, 7) is 3.44. The molecule has 2 aromatic carbocycles. The fourth-order valence-corrected chi connectivity index (χ4v) is 4.12. The topological polar surface area (TPSA) is 125 Å². The lowest BCUT2D eigenvalue weighted by atomic mass is 10.0. The van der Waals surface area contributed by atoms with Gasteiger partial charge in [0.05, 0.1) is 16.1 Å². The number of carboxylic acid groups (broad SMARTS) is 1. The molecule has 28 heavy (non-hydrogen) atoms.